The molecule has 1 fully saturated rings. The summed E-state index contributed by atoms with van der Waals surface area (Å²) >= 11 is 7.71. The molecule has 0 radical (unpaired) electrons. The van der Waals surface area contributed by atoms with Gasteiger partial charge in [0.25, 0.3) is 0 Å². The Kier molecular flexibility index (Phi) is 8.66. The lowest BCUT2D eigenvalue weighted by Crippen LogP contribution is -2.45. The molecule has 1 saturated heterocycles. The highest BCUT2D eigenvalue weighted by molar-refractivity contribution is 7.98. The third kappa shape index (κ3) is 6.62. The second-order valence-corrected chi connectivity index (χ2v) is 10.8. The number of thioether (sulfide) groups is 1. The van der Waals surface area contributed by atoms with Crippen LogP contribution < -0.4 is 10.1 Å². The first-order valence-electron chi connectivity index (χ1n) is 10.1. The number of ether oxygens (including phenoxy) is 1. The number of piperidine rings is 1. The van der Waals surface area contributed by atoms with E-state index in [2.05, 4.69) is 5.32 Å². The van der Waals surface area contributed by atoms with Crippen LogP contribution in [-0.4, -0.2) is 51.1 Å². The van der Waals surface area contributed by atoms with Crippen LogP contribution >= 0.6 is 23.4 Å². The van der Waals surface area contributed by atoms with Crippen molar-refractivity contribution in [2.45, 2.75) is 23.5 Å². The monoisotopic (exact) mass is 482 g/mol. The summed E-state index contributed by atoms with van der Waals surface area (Å²) in [6, 6.07) is 14.1. The summed E-state index contributed by atoms with van der Waals surface area (Å²) in [6.07, 6.45) is 1.35. The van der Waals surface area contributed by atoms with Gasteiger partial charge in [0.15, 0.2) is 0 Å². The van der Waals surface area contributed by atoms with Gasteiger partial charge in [0.1, 0.15) is 5.75 Å². The van der Waals surface area contributed by atoms with Gasteiger partial charge in [-0.1, -0.05) is 23.7 Å². The molecule has 1 aliphatic heterocycles. The van der Waals surface area contributed by atoms with Crippen LogP contribution in [0.15, 0.2) is 53.4 Å². The molecule has 2 aromatic carbocycles. The molecule has 1 aliphatic rings. The number of carbonyl (C=O) groups excluding carboxylic acids is 1. The van der Waals surface area contributed by atoms with Crippen LogP contribution in [0, 0.1) is 5.92 Å². The van der Waals surface area contributed by atoms with Gasteiger partial charge >= 0.3 is 0 Å². The summed E-state index contributed by atoms with van der Waals surface area (Å²) in [5, 5.41) is 3.67. The lowest BCUT2D eigenvalue weighted by Gasteiger charge is -2.31. The van der Waals surface area contributed by atoms with Crippen molar-refractivity contribution in [3.05, 3.63) is 59.1 Å². The van der Waals surface area contributed by atoms with E-state index in [1.54, 1.807) is 23.9 Å². The minimum atomic E-state index is -3.63. The highest BCUT2D eigenvalue weighted by atomic mass is 35.5. The maximum Gasteiger partial charge on any atom is 0.243 e. The van der Waals surface area contributed by atoms with Crippen molar-refractivity contribution in [3.63, 3.8) is 0 Å². The van der Waals surface area contributed by atoms with Crippen LogP contribution in [0.4, 0.5) is 0 Å². The summed E-state index contributed by atoms with van der Waals surface area (Å²) in [5.74, 6) is 1.79. The van der Waals surface area contributed by atoms with Crippen LogP contribution in [0.1, 0.15) is 18.4 Å². The zero-order valence-electron chi connectivity index (χ0n) is 17.4. The smallest absolute Gasteiger partial charge is 0.243 e. The quantitative estimate of drug-likeness (QED) is 0.550. The van der Waals surface area contributed by atoms with Crippen LogP contribution in [0.25, 0.3) is 0 Å². The molecule has 168 valence electrons. The molecule has 0 spiro atoms. The Bertz CT molecular complexity index is 983. The molecule has 0 saturated carbocycles. The van der Waals surface area contributed by atoms with Crippen molar-refractivity contribution in [1.29, 1.82) is 0 Å². The van der Waals surface area contributed by atoms with Gasteiger partial charge in [-0.2, -0.15) is 16.1 Å². The molecule has 6 nitrogen and oxygen atoms in total. The summed E-state index contributed by atoms with van der Waals surface area (Å²) < 4.78 is 32.4. The number of halogens is 1. The molecule has 1 amide bonds. The summed E-state index contributed by atoms with van der Waals surface area (Å²) in [7, 11) is -2.10. The average Bonchev–Trinajstić information content (AvgIpc) is 2.79. The van der Waals surface area contributed by atoms with Gasteiger partial charge in [-0.05, 0) is 54.8 Å². The van der Waals surface area contributed by atoms with Gasteiger partial charge in [-0.15, -0.1) is 0 Å². The highest BCUT2D eigenvalue weighted by Crippen LogP contribution is 2.25. The van der Waals surface area contributed by atoms with Crippen LogP contribution in [-0.2, 0) is 20.6 Å². The summed E-state index contributed by atoms with van der Waals surface area (Å²) in [5.41, 5.74) is 1.15. The third-order valence-corrected chi connectivity index (χ3v) is 8.30. The number of rotatable bonds is 9. The fourth-order valence-corrected chi connectivity index (χ4v) is 6.02. The standard InChI is InChI=1S/C22H27ClN2O4S2/c1-29-20-7-9-21(10-8-20)31(27,28)25-12-3-5-18(15-25)22(26)24-11-13-30-16-17-4-2-6-19(23)14-17/h2,4,6-10,14,18H,3,5,11-13,15-16H2,1H3,(H,24,26)/t18-/m0/s1. The van der Waals surface area contributed by atoms with Crippen LogP contribution in [0.2, 0.25) is 5.02 Å². The van der Waals surface area contributed by atoms with E-state index in [1.165, 1.54) is 23.5 Å². The van der Waals surface area contributed by atoms with E-state index < -0.39 is 10.0 Å². The van der Waals surface area contributed by atoms with Crippen molar-refractivity contribution in [2.24, 2.45) is 5.92 Å². The fraction of sp³-hybridized carbons (Fsp3) is 0.409. The highest BCUT2D eigenvalue weighted by Gasteiger charge is 2.33. The molecular formula is C22H27ClN2O4S2. The molecular weight excluding hydrogens is 456 g/mol. The second kappa shape index (κ2) is 11.2. The Morgan fingerprint density at radius 1 is 1.26 bits per heavy atom. The molecule has 0 aromatic heterocycles. The molecule has 0 bridgehead atoms. The average molecular weight is 483 g/mol. The van der Waals surface area contributed by atoms with Gasteiger partial charge in [-0.3, -0.25) is 4.79 Å². The van der Waals surface area contributed by atoms with Crippen molar-refractivity contribution in [1.82, 2.24) is 9.62 Å². The molecule has 0 unspecified atom stereocenters. The number of methoxy groups -OCH3 is 1. The Morgan fingerprint density at radius 2 is 2.03 bits per heavy atom. The Morgan fingerprint density at radius 3 is 2.74 bits per heavy atom. The topological polar surface area (TPSA) is 75.7 Å². The molecule has 1 atom stereocenters. The van der Waals surface area contributed by atoms with E-state index in [4.69, 9.17) is 16.3 Å². The summed E-state index contributed by atoms with van der Waals surface area (Å²) in [4.78, 5) is 12.8. The number of benzene rings is 2. The molecule has 2 aromatic rings. The summed E-state index contributed by atoms with van der Waals surface area (Å²) in [6.45, 7) is 1.18. The van der Waals surface area contributed by atoms with Crippen LogP contribution in [0.3, 0.4) is 0 Å². The minimum absolute atomic E-state index is 0.0852. The predicted molar refractivity (Wildman–Crippen MR) is 125 cm³/mol. The van der Waals surface area contributed by atoms with E-state index >= 15 is 0 Å². The van der Waals surface area contributed by atoms with Gasteiger partial charge < -0.3 is 10.1 Å². The van der Waals surface area contributed by atoms with Gasteiger partial charge in [0.2, 0.25) is 15.9 Å². The minimum Gasteiger partial charge on any atom is -0.497 e. The normalized spacial score (nSPS) is 17.3. The fourth-order valence-electron chi connectivity index (χ4n) is 3.48. The SMILES string of the molecule is COc1ccc(S(=O)(=O)N2CCC[C@H](C(=O)NCCSCc3cccc(Cl)c3)C2)cc1. The molecule has 1 N–H and O–H groups in total. The van der Waals surface area contributed by atoms with Gasteiger partial charge in [0, 0.05) is 36.2 Å². The predicted octanol–water partition coefficient (Wildman–Crippen LogP) is 3.80. The first-order chi connectivity index (χ1) is 14.9. The number of sulfonamides is 1. The zero-order chi connectivity index (χ0) is 22.3. The van der Waals surface area contributed by atoms with Gasteiger partial charge in [-0.25, -0.2) is 8.42 Å². The third-order valence-electron chi connectivity index (χ3n) is 5.16. The second-order valence-electron chi connectivity index (χ2n) is 7.35. The molecule has 1 heterocycles. The van der Waals surface area contributed by atoms with E-state index in [0.717, 1.165) is 22.1 Å². The molecule has 9 heteroatoms. The Hall–Kier alpha value is -1.74. The Labute approximate surface area is 193 Å². The lowest BCUT2D eigenvalue weighted by molar-refractivity contribution is -0.125. The molecule has 0 aliphatic carbocycles. The van der Waals surface area contributed by atoms with Crippen molar-refractivity contribution < 1.29 is 17.9 Å². The van der Waals surface area contributed by atoms with Crippen molar-refractivity contribution in [3.8, 4) is 5.75 Å². The Balaban J connectivity index is 1.47. The van der Waals surface area contributed by atoms with E-state index in [-0.39, 0.29) is 23.3 Å². The number of carbonyl (C=O) groups is 1. The van der Waals surface area contributed by atoms with Gasteiger partial charge in [0.05, 0.1) is 17.9 Å². The zero-order valence-corrected chi connectivity index (χ0v) is 19.8. The lowest BCUT2D eigenvalue weighted by atomic mass is 9.99. The van der Waals surface area contributed by atoms with Crippen LogP contribution in [0.5, 0.6) is 5.75 Å². The number of nitrogens with one attached hydrogen (secondary N) is 1. The van der Waals surface area contributed by atoms with E-state index in [0.29, 0.717) is 31.7 Å². The number of amides is 1. The maximum atomic E-state index is 13.0. The largest absolute Gasteiger partial charge is 0.497 e. The first-order valence-corrected chi connectivity index (χ1v) is 13.1. The van der Waals surface area contributed by atoms with Crippen molar-refractivity contribution in [2.75, 3.05) is 32.5 Å². The maximum absolute atomic E-state index is 13.0. The molecule has 3 rings (SSSR count). The number of hydrogen-bond acceptors (Lipinski definition) is 5. The van der Waals surface area contributed by atoms with E-state index in [9.17, 15) is 13.2 Å². The van der Waals surface area contributed by atoms with E-state index in [1.807, 2.05) is 24.3 Å². The number of hydrogen-bond donors (Lipinski definition) is 1. The van der Waals surface area contributed by atoms with Crippen molar-refractivity contribution >= 4 is 39.3 Å². The first kappa shape index (κ1) is 23.9. The molecule has 31 heavy (non-hydrogen) atoms. The number of nitrogens with zero attached hydrogens (tertiary/aromatic N) is 1.